The summed E-state index contributed by atoms with van der Waals surface area (Å²) in [5, 5.41) is 11.6. The maximum atomic E-state index is 11.2. The zero-order valence-electron chi connectivity index (χ0n) is 8.62. The number of amides is 1. The van der Waals surface area contributed by atoms with Gasteiger partial charge in [0, 0.05) is 18.7 Å². The van der Waals surface area contributed by atoms with Gasteiger partial charge in [-0.3, -0.25) is 4.79 Å². The van der Waals surface area contributed by atoms with Gasteiger partial charge in [-0.15, -0.1) is 0 Å². The van der Waals surface area contributed by atoms with Gasteiger partial charge < -0.3 is 10.4 Å². The molecular weight excluding hydrogens is 190 g/mol. The third-order valence-electron chi connectivity index (χ3n) is 2.69. The minimum Gasteiger partial charge on any atom is -0.396 e. The minimum absolute atomic E-state index is 0.0989. The molecule has 0 aliphatic carbocycles. The molecular formula is C12H15NO2. The van der Waals surface area contributed by atoms with Crippen LogP contribution in [0.15, 0.2) is 18.2 Å². The Hall–Kier alpha value is -1.35. The summed E-state index contributed by atoms with van der Waals surface area (Å²) in [4.78, 5) is 11.2. The van der Waals surface area contributed by atoms with Crippen molar-refractivity contribution < 1.29 is 9.90 Å². The molecule has 0 unspecified atom stereocenters. The number of fused-ring (bicyclic) bond motifs is 1. The molecule has 15 heavy (non-hydrogen) atoms. The summed E-state index contributed by atoms with van der Waals surface area (Å²) < 4.78 is 0. The second-order valence-corrected chi connectivity index (χ2v) is 3.87. The molecule has 1 heterocycles. The van der Waals surface area contributed by atoms with Gasteiger partial charge in [-0.2, -0.15) is 0 Å². The summed E-state index contributed by atoms with van der Waals surface area (Å²) >= 11 is 0. The standard InChI is InChI=1S/C12H15NO2/c14-7-1-2-9-3-4-10-5-6-12(15)13-11(10)8-9/h3-4,8,14H,1-2,5-7H2,(H,13,15). The largest absolute Gasteiger partial charge is 0.396 e. The topological polar surface area (TPSA) is 49.3 Å². The predicted molar refractivity (Wildman–Crippen MR) is 58.8 cm³/mol. The highest BCUT2D eigenvalue weighted by Gasteiger charge is 2.14. The van der Waals surface area contributed by atoms with Gasteiger partial charge in [0.2, 0.25) is 5.91 Å². The van der Waals surface area contributed by atoms with E-state index in [2.05, 4.69) is 17.4 Å². The average Bonchev–Trinajstić information content (AvgIpc) is 2.25. The van der Waals surface area contributed by atoms with E-state index in [0.717, 1.165) is 24.9 Å². The molecule has 0 saturated heterocycles. The molecule has 80 valence electrons. The van der Waals surface area contributed by atoms with E-state index in [4.69, 9.17) is 5.11 Å². The van der Waals surface area contributed by atoms with Crippen LogP contribution in [0.2, 0.25) is 0 Å². The lowest BCUT2D eigenvalue weighted by atomic mass is 9.99. The molecule has 1 aromatic rings. The predicted octanol–water partition coefficient (Wildman–Crippen LogP) is 1.50. The minimum atomic E-state index is 0.0989. The normalized spacial score (nSPS) is 14.6. The quantitative estimate of drug-likeness (QED) is 0.785. The van der Waals surface area contributed by atoms with Crippen molar-refractivity contribution in [3.63, 3.8) is 0 Å². The molecule has 0 fully saturated rings. The van der Waals surface area contributed by atoms with E-state index in [9.17, 15) is 4.79 Å². The van der Waals surface area contributed by atoms with E-state index in [1.165, 1.54) is 11.1 Å². The molecule has 0 bridgehead atoms. The first-order valence-corrected chi connectivity index (χ1v) is 5.32. The summed E-state index contributed by atoms with van der Waals surface area (Å²) in [6.07, 6.45) is 3.05. The second kappa shape index (κ2) is 4.45. The molecule has 0 aromatic heterocycles. The van der Waals surface area contributed by atoms with Crippen LogP contribution in [0.1, 0.15) is 24.0 Å². The van der Waals surface area contributed by atoms with Crippen LogP contribution in [0.4, 0.5) is 5.69 Å². The lowest BCUT2D eigenvalue weighted by Gasteiger charge is -2.17. The van der Waals surface area contributed by atoms with Gasteiger partial charge in [-0.05, 0) is 36.5 Å². The molecule has 0 spiro atoms. The van der Waals surface area contributed by atoms with Gasteiger partial charge in [0.1, 0.15) is 0 Å². The Bertz CT molecular complexity index is 374. The number of aryl methyl sites for hydroxylation is 2. The van der Waals surface area contributed by atoms with Crippen LogP contribution in [-0.4, -0.2) is 17.6 Å². The maximum Gasteiger partial charge on any atom is 0.224 e. The number of nitrogens with one attached hydrogen (secondary N) is 1. The number of rotatable bonds is 3. The number of hydrogen-bond donors (Lipinski definition) is 2. The molecule has 3 heteroatoms. The average molecular weight is 205 g/mol. The Kier molecular flexibility index (Phi) is 3.02. The Morgan fingerprint density at radius 3 is 3.00 bits per heavy atom. The number of carbonyl (C=O) groups is 1. The number of benzene rings is 1. The first kappa shape index (κ1) is 10.2. The number of carbonyl (C=O) groups excluding carboxylic acids is 1. The van der Waals surface area contributed by atoms with Crippen molar-refractivity contribution in [2.75, 3.05) is 11.9 Å². The van der Waals surface area contributed by atoms with Gasteiger partial charge in [0.25, 0.3) is 0 Å². The Morgan fingerprint density at radius 1 is 1.33 bits per heavy atom. The van der Waals surface area contributed by atoms with Crippen LogP contribution in [0.25, 0.3) is 0 Å². The van der Waals surface area contributed by atoms with E-state index in [1.54, 1.807) is 0 Å². The smallest absolute Gasteiger partial charge is 0.224 e. The fraction of sp³-hybridized carbons (Fsp3) is 0.417. The van der Waals surface area contributed by atoms with E-state index >= 15 is 0 Å². The van der Waals surface area contributed by atoms with Gasteiger partial charge in [0.05, 0.1) is 0 Å². The first-order valence-electron chi connectivity index (χ1n) is 5.32. The zero-order chi connectivity index (χ0) is 10.7. The fourth-order valence-electron chi connectivity index (χ4n) is 1.86. The molecule has 2 rings (SSSR count). The van der Waals surface area contributed by atoms with Gasteiger partial charge >= 0.3 is 0 Å². The molecule has 3 nitrogen and oxygen atoms in total. The number of aliphatic hydroxyl groups is 1. The van der Waals surface area contributed by atoms with E-state index in [0.29, 0.717) is 6.42 Å². The van der Waals surface area contributed by atoms with Crippen LogP contribution in [-0.2, 0) is 17.6 Å². The number of aliphatic hydroxyl groups excluding tert-OH is 1. The van der Waals surface area contributed by atoms with E-state index in [-0.39, 0.29) is 12.5 Å². The third kappa shape index (κ3) is 2.36. The van der Waals surface area contributed by atoms with Crippen molar-refractivity contribution in [1.82, 2.24) is 0 Å². The highest BCUT2D eigenvalue weighted by Crippen LogP contribution is 2.24. The molecule has 1 aromatic carbocycles. The van der Waals surface area contributed by atoms with Crippen LogP contribution in [0.5, 0.6) is 0 Å². The summed E-state index contributed by atoms with van der Waals surface area (Å²) in [5.41, 5.74) is 3.33. The van der Waals surface area contributed by atoms with Crippen molar-refractivity contribution in [3.05, 3.63) is 29.3 Å². The SMILES string of the molecule is O=C1CCc2ccc(CCCO)cc2N1. The fourth-order valence-corrected chi connectivity index (χ4v) is 1.86. The lowest BCUT2D eigenvalue weighted by molar-refractivity contribution is -0.116. The first-order chi connectivity index (χ1) is 7.29. The molecule has 2 N–H and O–H groups in total. The molecule has 1 amide bonds. The summed E-state index contributed by atoms with van der Waals surface area (Å²) in [6, 6.07) is 6.16. The second-order valence-electron chi connectivity index (χ2n) is 3.87. The van der Waals surface area contributed by atoms with Gasteiger partial charge in [-0.1, -0.05) is 12.1 Å². The van der Waals surface area contributed by atoms with E-state index in [1.807, 2.05) is 6.07 Å². The van der Waals surface area contributed by atoms with Crippen molar-refractivity contribution in [1.29, 1.82) is 0 Å². The highest BCUT2D eigenvalue weighted by molar-refractivity contribution is 5.93. The molecule has 0 atom stereocenters. The summed E-state index contributed by atoms with van der Waals surface area (Å²) in [7, 11) is 0. The van der Waals surface area contributed by atoms with Crippen molar-refractivity contribution in [3.8, 4) is 0 Å². The summed E-state index contributed by atoms with van der Waals surface area (Å²) in [6.45, 7) is 0.212. The van der Waals surface area contributed by atoms with Crippen LogP contribution < -0.4 is 5.32 Å². The highest BCUT2D eigenvalue weighted by atomic mass is 16.2. The van der Waals surface area contributed by atoms with Crippen molar-refractivity contribution in [2.24, 2.45) is 0 Å². The monoisotopic (exact) mass is 205 g/mol. The molecule has 0 radical (unpaired) electrons. The molecule has 1 aliphatic heterocycles. The lowest BCUT2D eigenvalue weighted by Crippen LogP contribution is -2.19. The van der Waals surface area contributed by atoms with Gasteiger partial charge in [0.15, 0.2) is 0 Å². The molecule has 1 aliphatic rings. The zero-order valence-corrected chi connectivity index (χ0v) is 8.62. The van der Waals surface area contributed by atoms with Gasteiger partial charge in [-0.25, -0.2) is 0 Å². The Balaban J connectivity index is 2.17. The number of anilines is 1. The maximum absolute atomic E-state index is 11.2. The van der Waals surface area contributed by atoms with E-state index < -0.39 is 0 Å². The Morgan fingerprint density at radius 2 is 2.20 bits per heavy atom. The molecule has 0 saturated carbocycles. The Labute approximate surface area is 89.1 Å². The number of hydrogen-bond acceptors (Lipinski definition) is 2. The summed E-state index contributed by atoms with van der Waals surface area (Å²) in [5.74, 6) is 0.0989. The van der Waals surface area contributed by atoms with Crippen LogP contribution >= 0.6 is 0 Å². The van der Waals surface area contributed by atoms with Crippen molar-refractivity contribution >= 4 is 11.6 Å². The van der Waals surface area contributed by atoms with Crippen LogP contribution in [0, 0.1) is 0 Å². The van der Waals surface area contributed by atoms with Crippen molar-refractivity contribution in [2.45, 2.75) is 25.7 Å². The van der Waals surface area contributed by atoms with Crippen LogP contribution in [0.3, 0.4) is 0 Å². The third-order valence-corrected chi connectivity index (χ3v) is 2.69.